The highest BCUT2D eigenvalue weighted by molar-refractivity contribution is 5.81. The van der Waals surface area contributed by atoms with Gasteiger partial charge in [0.1, 0.15) is 0 Å². The summed E-state index contributed by atoms with van der Waals surface area (Å²) in [6, 6.07) is 11.2. The molecule has 1 atom stereocenters. The Labute approximate surface area is 109 Å². The van der Waals surface area contributed by atoms with E-state index in [1.165, 1.54) is 23.8 Å². The fourth-order valence-electron chi connectivity index (χ4n) is 2.25. The predicted octanol–water partition coefficient (Wildman–Crippen LogP) is 3.56. The summed E-state index contributed by atoms with van der Waals surface area (Å²) in [4.78, 5) is 4.40. The number of pyridine rings is 1. The number of rotatable bonds is 6. The summed E-state index contributed by atoms with van der Waals surface area (Å²) >= 11 is 0. The van der Waals surface area contributed by atoms with E-state index >= 15 is 0 Å². The summed E-state index contributed by atoms with van der Waals surface area (Å²) < 4.78 is 0. The molecular formula is C16H22N2. The molecule has 0 aliphatic rings. The number of benzene rings is 1. The zero-order valence-corrected chi connectivity index (χ0v) is 11.3. The van der Waals surface area contributed by atoms with Crippen LogP contribution in [0, 0.1) is 0 Å². The van der Waals surface area contributed by atoms with Crippen molar-refractivity contribution in [2.45, 2.75) is 39.2 Å². The molecule has 18 heavy (non-hydrogen) atoms. The van der Waals surface area contributed by atoms with Crippen LogP contribution in [0.4, 0.5) is 0 Å². The Kier molecular flexibility index (Phi) is 4.71. The quantitative estimate of drug-likeness (QED) is 0.838. The average molecular weight is 242 g/mol. The van der Waals surface area contributed by atoms with Gasteiger partial charge in [-0.15, -0.1) is 0 Å². The minimum absolute atomic E-state index is 0.580. The summed E-state index contributed by atoms with van der Waals surface area (Å²) in [5, 5.41) is 4.83. The zero-order chi connectivity index (χ0) is 12.8. The van der Waals surface area contributed by atoms with Gasteiger partial charge in [-0.05, 0) is 50.4 Å². The number of aryl methyl sites for hydroxylation is 1. The van der Waals surface area contributed by atoms with Crippen molar-refractivity contribution in [3.8, 4) is 0 Å². The number of nitrogens with one attached hydrogen (secondary N) is 1. The van der Waals surface area contributed by atoms with Crippen molar-refractivity contribution in [1.82, 2.24) is 10.3 Å². The third kappa shape index (κ3) is 3.30. The van der Waals surface area contributed by atoms with Gasteiger partial charge >= 0.3 is 0 Å². The molecule has 0 bridgehead atoms. The van der Waals surface area contributed by atoms with E-state index in [0.29, 0.717) is 6.04 Å². The smallest absolute Gasteiger partial charge is 0.0704 e. The molecule has 0 aliphatic carbocycles. The molecule has 0 spiro atoms. The van der Waals surface area contributed by atoms with Gasteiger partial charge in [-0.1, -0.05) is 25.1 Å². The molecule has 1 heterocycles. The summed E-state index contributed by atoms with van der Waals surface area (Å²) in [6.07, 6.45) is 5.34. The summed E-state index contributed by atoms with van der Waals surface area (Å²) in [5.74, 6) is 0. The van der Waals surface area contributed by atoms with E-state index in [9.17, 15) is 0 Å². The number of aromatic nitrogens is 1. The third-order valence-corrected chi connectivity index (χ3v) is 3.33. The molecule has 0 saturated carbocycles. The number of nitrogens with zero attached hydrogens (tertiary/aromatic N) is 1. The Morgan fingerprint density at radius 2 is 2.11 bits per heavy atom. The lowest BCUT2D eigenvalue weighted by molar-refractivity contribution is 0.514. The minimum Gasteiger partial charge on any atom is -0.314 e. The Balaban J connectivity index is 2.03. The van der Waals surface area contributed by atoms with Gasteiger partial charge in [0.15, 0.2) is 0 Å². The first-order chi connectivity index (χ1) is 8.81. The molecule has 0 aliphatic heterocycles. The summed E-state index contributed by atoms with van der Waals surface area (Å²) in [6.45, 7) is 5.58. The SMILES string of the molecule is CCCNC(C)CCc1cccc2ncccc12. The molecule has 96 valence electrons. The zero-order valence-electron chi connectivity index (χ0n) is 11.3. The maximum Gasteiger partial charge on any atom is 0.0704 e. The molecule has 2 nitrogen and oxygen atoms in total. The maximum atomic E-state index is 4.40. The van der Waals surface area contributed by atoms with E-state index in [1.54, 1.807) is 0 Å². The second kappa shape index (κ2) is 6.50. The maximum absolute atomic E-state index is 4.40. The molecule has 0 amide bonds. The van der Waals surface area contributed by atoms with Crippen LogP contribution in [-0.2, 0) is 6.42 Å². The van der Waals surface area contributed by atoms with E-state index in [2.05, 4.69) is 48.4 Å². The first-order valence-corrected chi connectivity index (χ1v) is 6.87. The normalized spacial score (nSPS) is 12.8. The van der Waals surface area contributed by atoms with Crippen LogP contribution in [-0.4, -0.2) is 17.6 Å². The van der Waals surface area contributed by atoms with Crippen molar-refractivity contribution in [2.75, 3.05) is 6.54 Å². The highest BCUT2D eigenvalue weighted by atomic mass is 14.9. The molecule has 1 N–H and O–H groups in total. The van der Waals surface area contributed by atoms with Crippen molar-refractivity contribution in [2.24, 2.45) is 0 Å². The Bertz CT molecular complexity index is 488. The van der Waals surface area contributed by atoms with Gasteiger partial charge in [-0.3, -0.25) is 4.98 Å². The average Bonchev–Trinajstić information content (AvgIpc) is 2.42. The summed E-state index contributed by atoms with van der Waals surface area (Å²) in [5.41, 5.74) is 2.51. The Morgan fingerprint density at radius 1 is 1.22 bits per heavy atom. The highest BCUT2D eigenvalue weighted by Gasteiger charge is 2.04. The number of hydrogen-bond donors (Lipinski definition) is 1. The first kappa shape index (κ1) is 13.0. The van der Waals surface area contributed by atoms with Crippen LogP contribution in [0.15, 0.2) is 36.5 Å². The molecule has 2 rings (SSSR count). The minimum atomic E-state index is 0.580. The largest absolute Gasteiger partial charge is 0.314 e. The van der Waals surface area contributed by atoms with Gasteiger partial charge in [-0.25, -0.2) is 0 Å². The van der Waals surface area contributed by atoms with E-state index in [-0.39, 0.29) is 0 Å². The van der Waals surface area contributed by atoms with Gasteiger partial charge in [0.2, 0.25) is 0 Å². The molecular weight excluding hydrogens is 220 g/mol. The van der Waals surface area contributed by atoms with Gasteiger partial charge in [0, 0.05) is 17.6 Å². The van der Waals surface area contributed by atoms with Crippen LogP contribution >= 0.6 is 0 Å². The van der Waals surface area contributed by atoms with Crippen LogP contribution in [0.3, 0.4) is 0 Å². The van der Waals surface area contributed by atoms with Crippen LogP contribution < -0.4 is 5.32 Å². The number of hydrogen-bond acceptors (Lipinski definition) is 2. The van der Waals surface area contributed by atoms with Crippen LogP contribution in [0.2, 0.25) is 0 Å². The van der Waals surface area contributed by atoms with E-state index in [1.807, 2.05) is 12.3 Å². The molecule has 2 heteroatoms. The van der Waals surface area contributed by atoms with Gasteiger partial charge in [0.25, 0.3) is 0 Å². The fourth-order valence-corrected chi connectivity index (χ4v) is 2.25. The first-order valence-electron chi connectivity index (χ1n) is 6.87. The topological polar surface area (TPSA) is 24.9 Å². The van der Waals surface area contributed by atoms with Crippen LogP contribution in [0.25, 0.3) is 10.9 Å². The molecule has 0 fully saturated rings. The molecule has 1 aromatic carbocycles. The van der Waals surface area contributed by atoms with Crippen molar-refractivity contribution < 1.29 is 0 Å². The van der Waals surface area contributed by atoms with Gasteiger partial charge in [-0.2, -0.15) is 0 Å². The van der Waals surface area contributed by atoms with Crippen molar-refractivity contribution >= 4 is 10.9 Å². The molecule has 0 saturated heterocycles. The van der Waals surface area contributed by atoms with Crippen molar-refractivity contribution in [3.05, 3.63) is 42.1 Å². The predicted molar refractivity (Wildman–Crippen MR) is 77.8 cm³/mol. The van der Waals surface area contributed by atoms with Crippen molar-refractivity contribution in [1.29, 1.82) is 0 Å². The molecule has 1 unspecified atom stereocenters. The van der Waals surface area contributed by atoms with Crippen molar-refractivity contribution in [3.63, 3.8) is 0 Å². The Morgan fingerprint density at radius 3 is 2.94 bits per heavy atom. The highest BCUT2D eigenvalue weighted by Crippen LogP contribution is 2.18. The lowest BCUT2D eigenvalue weighted by Gasteiger charge is -2.13. The second-order valence-electron chi connectivity index (χ2n) is 4.88. The summed E-state index contributed by atoms with van der Waals surface area (Å²) in [7, 11) is 0. The fraction of sp³-hybridized carbons (Fsp3) is 0.438. The van der Waals surface area contributed by atoms with Gasteiger partial charge in [0.05, 0.1) is 5.52 Å². The Hall–Kier alpha value is -1.41. The standard InChI is InChI=1S/C16H22N2/c1-3-11-17-13(2)9-10-14-6-4-8-16-15(14)7-5-12-18-16/h4-8,12-13,17H,3,9-11H2,1-2H3. The van der Waals surface area contributed by atoms with E-state index in [0.717, 1.165) is 18.5 Å². The second-order valence-corrected chi connectivity index (χ2v) is 4.88. The van der Waals surface area contributed by atoms with Gasteiger partial charge < -0.3 is 5.32 Å². The molecule has 1 aromatic heterocycles. The van der Waals surface area contributed by atoms with Crippen LogP contribution in [0.1, 0.15) is 32.3 Å². The molecule has 0 radical (unpaired) electrons. The monoisotopic (exact) mass is 242 g/mol. The van der Waals surface area contributed by atoms with Crippen LogP contribution in [0.5, 0.6) is 0 Å². The number of fused-ring (bicyclic) bond motifs is 1. The third-order valence-electron chi connectivity index (χ3n) is 3.33. The lowest BCUT2D eigenvalue weighted by atomic mass is 10.0. The van der Waals surface area contributed by atoms with E-state index in [4.69, 9.17) is 0 Å². The molecule has 2 aromatic rings. The lowest BCUT2D eigenvalue weighted by Crippen LogP contribution is -2.27. The van der Waals surface area contributed by atoms with E-state index < -0.39 is 0 Å².